The van der Waals surface area contributed by atoms with Crippen LogP contribution >= 0.6 is 38.5 Å². The van der Waals surface area contributed by atoms with E-state index in [2.05, 4.69) is 62.0 Å². The lowest BCUT2D eigenvalue weighted by Gasteiger charge is -2.15. The van der Waals surface area contributed by atoms with Gasteiger partial charge in [0.1, 0.15) is 30.6 Å². The molecule has 1 amide bonds. The number of ether oxygens (including phenoxy) is 3. The fourth-order valence-corrected chi connectivity index (χ4v) is 5.47. The summed E-state index contributed by atoms with van der Waals surface area (Å²) < 4.78 is 19.5. The Morgan fingerprint density at radius 2 is 1.67 bits per heavy atom. The lowest BCUT2D eigenvalue weighted by molar-refractivity contribution is -0.112. The number of anilines is 1. The van der Waals surface area contributed by atoms with Gasteiger partial charge in [-0.2, -0.15) is 5.26 Å². The maximum absolute atomic E-state index is 12.9. The Morgan fingerprint density at radius 1 is 0.930 bits per heavy atom. The summed E-state index contributed by atoms with van der Waals surface area (Å²) in [6, 6.07) is 34.8. The number of nitrogens with one attached hydrogen (secondary N) is 1. The summed E-state index contributed by atoms with van der Waals surface area (Å²) in [4.78, 5) is 12.9. The van der Waals surface area contributed by atoms with E-state index in [4.69, 9.17) is 14.2 Å². The summed E-state index contributed by atoms with van der Waals surface area (Å²) in [6.45, 7) is 0.790. The van der Waals surface area contributed by atoms with E-state index in [-0.39, 0.29) is 5.57 Å². The lowest BCUT2D eigenvalue weighted by Crippen LogP contribution is -2.13. The normalized spacial score (nSPS) is 11.1. The Labute approximate surface area is 272 Å². The molecular weight excluding hydrogens is 719 g/mol. The molecule has 0 aliphatic heterocycles. The van der Waals surface area contributed by atoms with Gasteiger partial charge in [-0.3, -0.25) is 4.79 Å². The molecule has 8 heteroatoms. The molecular formula is C35H26BrIN2O4. The first-order chi connectivity index (χ1) is 20.9. The average Bonchev–Trinajstić information content (AvgIpc) is 3.03. The van der Waals surface area contributed by atoms with E-state index in [1.54, 1.807) is 37.4 Å². The van der Waals surface area contributed by atoms with Gasteiger partial charge in [-0.05, 0) is 105 Å². The highest BCUT2D eigenvalue weighted by Crippen LogP contribution is 2.36. The number of nitrogens with zero attached hydrogens (tertiary/aromatic N) is 1. The van der Waals surface area contributed by atoms with Gasteiger partial charge < -0.3 is 19.5 Å². The number of carbonyl (C=O) groups is 1. The molecule has 214 valence electrons. The summed E-state index contributed by atoms with van der Waals surface area (Å²) in [5.74, 6) is 1.26. The summed E-state index contributed by atoms with van der Waals surface area (Å²) in [5, 5.41) is 14.8. The van der Waals surface area contributed by atoms with Crippen molar-refractivity contribution >= 4 is 67.0 Å². The molecule has 43 heavy (non-hydrogen) atoms. The molecule has 0 spiro atoms. The predicted molar refractivity (Wildman–Crippen MR) is 181 cm³/mol. The molecule has 0 saturated carbocycles. The summed E-state index contributed by atoms with van der Waals surface area (Å²) >= 11 is 5.60. The van der Waals surface area contributed by atoms with Crippen molar-refractivity contribution in [1.82, 2.24) is 0 Å². The monoisotopic (exact) mass is 744 g/mol. The maximum atomic E-state index is 12.9. The number of hydrogen-bond acceptors (Lipinski definition) is 5. The van der Waals surface area contributed by atoms with Gasteiger partial charge in [0.2, 0.25) is 0 Å². The highest BCUT2D eigenvalue weighted by molar-refractivity contribution is 14.1. The third-order valence-corrected chi connectivity index (χ3v) is 7.94. The molecule has 0 fully saturated rings. The van der Waals surface area contributed by atoms with Crippen LogP contribution in [0.3, 0.4) is 0 Å². The van der Waals surface area contributed by atoms with Crippen LogP contribution in [0.15, 0.2) is 113 Å². The van der Waals surface area contributed by atoms with E-state index in [1.807, 2.05) is 60.7 Å². The topological polar surface area (TPSA) is 80.6 Å². The van der Waals surface area contributed by atoms with Gasteiger partial charge >= 0.3 is 0 Å². The van der Waals surface area contributed by atoms with Crippen LogP contribution < -0.4 is 19.5 Å². The Balaban J connectivity index is 1.25. The zero-order chi connectivity index (χ0) is 30.2. The Bertz CT molecular complexity index is 1830. The van der Waals surface area contributed by atoms with E-state index in [9.17, 15) is 10.1 Å². The van der Waals surface area contributed by atoms with Gasteiger partial charge in [0.15, 0.2) is 11.5 Å². The fourth-order valence-electron chi connectivity index (χ4n) is 4.43. The molecule has 0 unspecified atom stereocenters. The third kappa shape index (κ3) is 7.74. The second-order valence-electron chi connectivity index (χ2n) is 9.52. The average molecular weight is 745 g/mol. The zero-order valence-electron chi connectivity index (χ0n) is 23.1. The van der Waals surface area contributed by atoms with E-state index in [0.29, 0.717) is 41.7 Å². The van der Waals surface area contributed by atoms with Crippen molar-refractivity contribution in [2.24, 2.45) is 0 Å². The summed E-state index contributed by atoms with van der Waals surface area (Å²) in [7, 11) is 1.56. The smallest absolute Gasteiger partial charge is 0.266 e. The van der Waals surface area contributed by atoms with E-state index < -0.39 is 5.91 Å². The fraction of sp³-hybridized carbons (Fsp3) is 0.0857. The third-order valence-electron chi connectivity index (χ3n) is 6.61. The van der Waals surface area contributed by atoms with Crippen molar-refractivity contribution in [2.45, 2.75) is 13.2 Å². The standard InChI is InChI=1S/C35H26BrIN2O4/c1-41-33-19-24(18-32(37)34(33)43-22-26-7-4-6-25-5-2-3-8-31(25)26)17-27(20-38)35(40)39-29-13-15-30(16-14-29)42-21-23-9-11-28(36)12-10-23/h2-19H,21-22H2,1H3,(H,39,40)/b27-17+. The van der Waals surface area contributed by atoms with Crippen molar-refractivity contribution in [3.05, 3.63) is 133 Å². The van der Waals surface area contributed by atoms with E-state index in [1.165, 1.54) is 6.08 Å². The van der Waals surface area contributed by atoms with E-state index in [0.717, 1.165) is 29.9 Å². The molecule has 0 atom stereocenters. The van der Waals surface area contributed by atoms with Crippen LogP contribution in [0.4, 0.5) is 5.69 Å². The molecule has 1 N–H and O–H groups in total. The van der Waals surface area contributed by atoms with Gasteiger partial charge in [-0.25, -0.2) is 0 Å². The maximum Gasteiger partial charge on any atom is 0.266 e. The number of rotatable bonds is 10. The first-order valence-corrected chi connectivity index (χ1v) is 15.2. The number of methoxy groups -OCH3 is 1. The van der Waals surface area contributed by atoms with E-state index >= 15 is 0 Å². The van der Waals surface area contributed by atoms with Crippen LogP contribution in [0.5, 0.6) is 17.2 Å². The molecule has 0 aliphatic carbocycles. The first kappa shape index (κ1) is 30.1. The van der Waals surface area contributed by atoms with Gasteiger partial charge in [-0.15, -0.1) is 0 Å². The number of fused-ring (bicyclic) bond motifs is 1. The number of carbonyl (C=O) groups excluding carboxylic acids is 1. The first-order valence-electron chi connectivity index (χ1n) is 13.3. The van der Waals surface area contributed by atoms with Crippen LogP contribution in [0.2, 0.25) is 0 Å². The van der Waals surface area contributed by atoms with Gasteiger partial charge in [0.05, 0.1) is 10.7 Å². The number of halogens is 2. The molecule has 6 nitrogen and oxygen atoms in total. The molecule has 5 rings (SSSR count). The zero-order valence-corrected chi connectivity index (χ0v) is 26.9. The molecule has 0 heterocycles. The van der Waals surface area contributed by atoms with Crippen LogP contribution in [-0.4, -0.2) is 13.0 Å². The van der Waals surface area contributed by atoms with Crippen LogP contribution in [-0.2, 0) is 18.0 Å². The molecule has 0 bridgehead atoms. The Hall–Kier alpha value is -4.33. The molecule has 0 aromatic heterocycles. The molecule has 0 radical (unpaired) electrons. The van der Waals surface area contributed by atoms with Crippen LogP contribution in [0, 0.1) is 14.9 Å². The predicted octanol–water partition coefficient (Wildman–Crippen LogP) is 8.92. The summed E-state index contributed by atoms with van der Waals surface area (Å²) in [5.41, 5.74) is 3.25. The quantitative estimate of drug-likeness (QED) is 0.0878. The van der Waals surface area contributed by atoms with Crippen molar-refractivity contribution in [3.63, 3.8) is 0 Å². The SMILES string of the molecule is COc1cc(/C=C(\C#N)C(=O)Nc2ccc(OCc3ccc(Br)cc3)cc2)cc(I)c1OCc1cccc2ccccc12. The van der Waals surface area contributed by atoms with Crippen molar-refractivity contribution < 1.29 is 19.0 Å². The highest BCUT2D eigenvalue weighted by Gasteiger charge is 2.15. The second kappa shape index (κ2) is 14.2. The minimum atomic E-state index is -0.517. The second-order valence-corrected chi connectivity index (χ2v) is 11.6. The number of hydrogen-bond donors (Lipinski definition) is 1. The van der Waals surface area contributed by atoms with Crippen molar-refractivity contribution in [1.29, 1.82) is 5.26 Å². The van der Waals surface area contributed by atoms with Crippen molar-refractivity contribution in [2.75, 3.05) is 12.4 Å². The van der Waals surface area contributed by atoms with Gasteiger partial charge in [0.25, 0.3) is 5.91 Å². The number of benzene rings is 5. The van der Waals surface area contributed by atoms with Crippen LogP contribution in [0.1, 0.15) is 16.7 Å². The Kier molecular flexibility index (Phi) is 9.97. The summed E-state index contributed by atoms with van der Waals surface area (Å²) in [6.07, 6.45) is 1.53. The lowest BCUT2D eigenvalue weighted by atomic mass is 10.1. The largest absolute Gasteiger partial charge is 0.493 e. The molecule has 5 aromatic rings. The van der Waals surface area contributed by atoms with Gasteiger partial charge in [0, 0.05) is 10.2 Å². The molecule has 5 aromatic carbocycles. The minimum absolute atomic E-state index is 0.0437. The number of nitriles is 1. The van der Waals surface area contributed by atoms with Crippen molar-refractivity contribution in [3.8, 4) is 23.3 Å². The van der Waals surface area contributed by atoms with Gasteiger partial charge in [-0.1, -0.05) is 70.5 Å². The molecule has 0 aliphatic rings. The van der Waals surface area contributed by atoms with Crippen LogP contribution in [0.25, 0.3) is 16.8 Å². The number of amides is 1. The highest BCUT2D eigenvalue weighted by atomic mass is 127. The Morgan fingerprint density at radius 3 is 2.42 bits per heavy atom. The minimum Gasteiger partial charge on any atom is -0.493 e. The molecule has 0 saturated heterocycles.